The number of aromatic nitrogens is 1. The van der Waals surface area contributed by atoms with Crippen LogP contribution in [0.15, 0.2) is 54.6 Å². The van der Waals surface area contributed by atoms with Crippen molar-refractivity contribution in [2.75, 3.05) is 31.6 Å². The number of amides is 1. The van der Waals surface area contributed by atoms with Crippen molar-refractivity contribution in [3.63, 3.8) is 0 Å². The van der Waals surface area contributed by atoms with E-state index in [1.807, 2.05) is 47.4 Å². The topological polar surface area (TPSA) is 63.7 Å². The summed E-state index contributed by atoms with van der Waals surface area (Å²) in [7, 11) is 0. The molecule has 6 heteroatoms. The number of carbonyl (C=O) groups excluding carboxylic acids is 1. The van der Waals surface area contributed by atoms with E-state index in [1.54, 1.807) is 0 Å². The van der Waals surface area contributed by atoms with Gasteiger partial charge < -0.3 is 19.7 Å². The number of benzene rings is 2. The van der Waals surface area contributed by atoms with Gasteiger partial charge in [0, 0.05) is 37.0 Å². The second-order valence-corrected chi connectivity index (χ2v) is 8.15. The van der Waals surface area contributed by atoms with E-state index in [2.05, 4.69) is 24.4 Å². The number of hydrogen-bond acceptors (Lipinski definition) is 5. The van der Waals surface area contributed by atoms with E-state index >= 15 is 0 Å². The first kappa shape index (κ1) is 20.0. The fraction of sp³-hybridized carbons (Fsp3) is 0.360. The van der Waals surface area contributed by atoms with Gasteiger partial charge in [0.25, 0.3) is 5.91 Å². The van der Waals surface area contributed by atoms with Crippen molar-refractivity contribution in [1.82, 2.24) is 9.88 Å². The van der Waals surface area contributed by atoms with E-state index in [-0.39, 0.29) is 5.91 Å². The summed E-state index contributed by atoms with van der Waals surface area (Å²) in [4.78, 5) is 20.1. The molecule has 1 spiro atoms. The zero-order valence-corrected chi connectivity index (χ0v) is 17.8. The number of nitrogens with zero attached hydrogens (tertiary/aromatic N) is 2. The lowest BCUT2D eigenvalue weighted by Gasteiger charge is -2.37. The Hall–Kier alpha value is -2.96. The maximum absolute atomic E-state index is 13.5. The SMILES string of the molecule is CCc1ccc(Nc2cc(C(=O)N3CCC4(CC3)OCCO4)c3ccccc3n2)cc1. The molecular formula is C25H27N3O3. The number of para-hydroxylation sites is 1. The van der Waals surface area contributed by atoms with Crippen molar-refractivity contribution in [2.24, 2.45) is 0 Å². The van der Waals surface area contributed by atoms with Crippen LogP contribution < -0.4 is 5.32 Å². The molecule has 0 atom stereocenters. The summed E-state index contributed by atoms with van der Waals surface area (Å²) in [5, 5.41) is 4.23. The number of carbonyl (C=O) groups is 1. The van der Waals surface area contributed by atoms with Crippen molar-refractivity contribution >= 4 is 28.3 Å². The number of piperidine rings is 1. The van der Waals surface area contributed by atoms with Crippen LogP contribution in [0.3, 0.4) is 0 Å². The zero-order chi connectivity index (χ0) is 21.3. The monoisotopic (exact) mass is 417 g/mol. The number of fused-ring (bicyclic) bond motifs is 1. The lowest BCUT2D eigenvalue weighted by Crippen LogP contribution is -2.47. The molecule has 0 unspecified atom stereocenters. The molecule has 2 aliphatic heterocycles. The Morgan fingerprint density at radius 1 is 1.06 bits per heavy atom. The molecule has 5 rings (SSSR count). The fourth-order valence-corrected chi connectivity index (χ4v) is 4.39. The summed E-state index contributed by atoms with van der Waals surface area (Å²) in [5.74, 6) is 0.201. The van der Waals surface area contributed by atoms with Gasteiger partial charge in [0.2, 0.25) is 0 Å². The maximum Gasteiger partial charge on any atom is 0.254 e. The highest BCUT2D eigenvalue weighted by atomic mass is 16.7. The Morgan fingerprint density at radius 2 is 1.77 bits per heavy atom. The summed E-state index contributed by atoms with van der Waals surface area (Å²) in [6.45, 7) is 4.65. The van der Waals surface area contributed by atoms with E-state index in [4.69, 9.17) is 14.5 Å². The summed E-state index contributed by atoms with van der Waals surface area (Å²) >= 11 is 0. The van der Waals surface area contributed by atoms with Crippen LogP contribution in [0.25, 0.3) is 10.9 Å². The lowest BCUT2D eigenvalue weighted by molar-refractivity contribution is -0.181. The summed E-state index contributed by atoms with van der Waals surface area (Å²) in [6, 6.07) is 18.0. The van der Waals surface area contributed by atoms with E-state index < -0.39 is 5.79 Å². The molecule has 0 radical (unpaired) electrons. The molecule has 1 amide bonds. The van der Waals surface area contributed by atoms with Gasteiger partial charge in [-0.15, -0.1) is 0 Å². The Morgan fingerprint density at radius 3 is 2.48 bits per heavy atom. The Bertz CT molecular complexity index is 1080. The van der Waals surface area contributed by atoms with E-state index in [9.17, 15) is 4.79 Å². The molecule has 0 saturated carbocycles. The van der Waals surface area contributed by atoms with Gasteiger partial charge in [-0.1, -0.05) is 37.3 Å². The van der Waals surface area contributed by atoms with Crippen molar-refractivity contribution in [1.29, 1.82) is 0 Å². The normalized spacial score (nSPS) is 17.9. The van der Waals surface area contributed by atoms with E-state index in [0.29, 0.717) is 50.5 Å². The maximum atomic E-state index is 13.5. The molecule has 1 N–H and O–H groups in total. The van der Waals surface area contributed by atoms with E-state index in [1.165, 1.54) is 5.56 Å². The van der Waals surface area contributed by atoms with Crippen LogP contribution in [-0.2, 0) is 15.9 Å². The highest BCUT2D eigenvalue weighted by Crippen LogP contribution is 2.33. The summed E-state index contributed by atoms with van der Waals surface area (Å²) < 4.78 is 11.6. The minimum absolute atomic E-state index is 0.0239. The zero-order valence-electron chi connectivity index (χ0n) is 17.8. The van der Waals surface area contributed by atoms with Gasteiger partial charge in [-0.2, -0.15) is 0 Å². The van der Waals surface area contributed by atoms with Gasteiger partial charge >= 0.3 is 0 Å². The number of anilines is 2. The predicted molar refractivity (Wildman–Crippen MR) is 121 cm³/mol. The van der Waals surface area contributed by atoms with Crippen LogP contribution in [0.1, 0.15) is 35.7 Å². The molecule has 0 aliphatic carbocycles. The third kappa shape index (κ3) is 4.01. The van der Waals surface area contributed by atoms with Crippen molar-refractivity contribution in [3.05, 3.63) is 65.7 Å². The lowest BCUT2D eigenvalue weighted by atomic mass is 10.0. The second kappa shape index (κ2) is 8.29. The highest BCUT2D eigenvalue weighted by Gasteiger charge is 2.41. The smallest absolute Gasteiger partial charge is 0.254 e. The second-order valence-electron chi connectivity index (χ2n) is 8.15. The molecule has 31 heavy (non-hydrogen) atoms. The van der Waals surface area contributed by atoms with E-state index in [0.717, 1.165) is 23.0 Å². The minimum atomic E-state index is -0.492. The summed E-state index contributed by atoms with van der Waals surface area (Å²) in [6.07, 6.45) is 2.41. The summed E-state index contributed by atoms with van der Waals surface area (Å²) in [5.41, 5.74) is 3.71. The molecule has 2 saturated heterocycles. The molecular weight excluding hydrogens is 390 g/mol. The van der Waals surface area contributed by atoms with Crippen LogP contribution in [0.4, 0.5) is 11.5 Å². The molecule has 3 heterocycles. The Labute approximate surface area is 182 Å². The number of rotatable bonds is 4. The molecule has 1 aromatic heterocycles. The molecule has 2 aliphatic rings. The first-order valence-electron chi connectivity index (χ1n) is 11.0. The Kier molecular flexibility index (Phi) is 5.34. The van der Waals surface area contributed by atoms with Gasteiger partial charge in [0.15, 0.2) is 5.79 Å². The average molecular weight is 418 g/mol. The number of likely N-dealkylation sites (tertiary alicyclic amines) is 1. The number of ether oxygens (including phenoxy) is 2. The van der Waals surface area contributed by atoms with Crippen LogP contribution in [0, 0.1) is 0 Å². The standard InChI is InChI=1S/C25H27N3O3/c1-2-18-7-9-19(10-8-18)26-23-17-21(20-5-3-4-6-22(20)27-23)24(29)28-13-11-25(12-14-28)30-15-16-31-25/h3-10,17H,2,11-16H2,1H3,(H,26,27). The van der Waals surface area contributed by atoms with Gasteiger partial charge in [-0.05, 0) is 36.2 Å². The average Bonchev–Trinajstić information content (AvgIpc) is 3.27. The molecule has 160 valence electrons. The fourth-order valence-electron chi connectivity index (χ4n) is 4.39. The first-order valence-corrected chi connectivity index (χ1v) is 11.0. The van der Waals surface area contributed by atoms with Gasteiger partial charge in [-0.25, -0.2) is 4.98 Å². The van der Waals surface area contributed by atoms with Crippen molar-refractivity contribution < 1.29 is 14.3 Å². The third-order valence-corrected chi connectivity index (χ3v) is 6.21. The van der Waals surface area contributed by atoms with Crippen molar-refractivity contribution in [2.45, 2.75) is 32.0 Å². The third-order valence-electron chi connectivity index (χ3n) is 6.21. The highest BCUT2D eigenvalue weighted by molar-refractivity contribution is 6.07. The molecule has 3 aromatic rings. The van der Waals surface area contributed by atoms with Crippen LogP contribution in [-0.4, -0.2) is 47.9 Å². The van der Waals surface area contributed by atoms with Gasteiger partial charge in [0.1, 0.15) is 5.82 Å². The molecule has 2 aromatic carbocycles. The van der Waals surface area contributed by atoms with Crippen LogP contribution in [0.5, 0.6) is 0 Å². The number of pyridine rings is 1. The Balaban J connectivity index is 1.42. The van der Waals surface area contributed by atoms with Gasteiger partial charge in [-0.3, -0.25) is 4.79 Å². The first-order chi connectivity index (χ1) is 15.2. The number of aryl methyl sites for hydroxylation is 1. The van der Waals surface area contributed by atoms with Crippen molar-refractivity contribution in [3.8, 4) is 0 Å². The molecule has 0 bridgehead atoms. The molecule has 2 fully saturated rings. The quantitative estimate of drug-likeness (QED) is 0.676. The molecule has 6 nitrogen and oxygen atoms in total. The van der Waals surface area contributed by atoms with Gasteiger partial charge in [0.05, 0.1) is 24.3 Å². The largest absolute Gasteiger partial charge is 0.347 e. The minimum Gasteiger partial charge on any atom is -0.347 e. The predicted octanol–water partition coefficient (Wildman–Crippen LogP) is 4.52. The number of nitrogens with one attached hydrogen (secondary N) is 1. The van der Waals surface area contributed by atoms with Crippen LogP contribution in [0.2, 0.25) is 0 Å². The number of hydrogen-bond donors (Lipinski definition) is 1. The van der Waals surface area contributed by atoms with Crippen LogP contribution >= 0.6 is 0 Å².